The van der Waals surface area contributed by atoms with Gasteiger partial charge in [-0.25, -0.2) is 4.98 Å². The van der Waals surface area contributed by atoms with Gasteiger partial charge in [0.15, 0.2) is 11.5 Å². The Morgan fingerprint density at radius 2 is 2.00 bits per heavy atom. The summed E-state index contributed by atoms with van der Waals surface area (Å²) >= 11 is 3.40. The van der Waals surface area contributed by atoms with Crippen LogP contribution in [0.4, 0.5) is 5.69 Å². The average Bonchev–Trinajstić information content (AvgIpc) is 2.45. The molecule has 2 aromatic rings. The van der Waals surface area contributed by atoms with Gasteiger partial charge in [0.1, 0.15) is 4.60 Å². The van der Waals surface area contributed by atoms with Gasteiger partial charge in [0.05, 0.1) is 19.9 Å². The van der Waals surface area contributed by atoms with Crippen LogP contribution in [0.1, 0.15) is 5.56 Å². The van der Waals surface area contributed by atoms with Gasteiger partial charge in [-0.15, -0.1) is 0 Å². The normalized spacial score (nSPS) is 10.1. The molecule has 1 heterocycles. The fourth-order valence-corrected chi connectivity index (χ4v) is 2.19. The van der Waals surface area contributed by atoms with E-state index in [0.29, 0.717) is 6.54 Å². The lowest BCUT2D eigenvalue weighted by Crippen LogP contribution is -2.03. The van der Waals surface area contributed by atoms with Crippen molar-refractivity contribution >= 4 is 21.6 Å². The maximum Gasteiger partial charge on any atom is 0.165 e. The number of rotatable bonds is 5. The van der Waals surface area contributed by atoms with E-state index in [0.717, 1.165) is 27.4 Å². The second-order valence-electron chi connectivity index (χ2n) is 3.85. The molecule has 0 aliphatic rings. The van der Waals surface area contributed by atoms with Gasteiger partial charge in [-0.1, -0.05) is 12.1 Å². The molecule has 1 N–H and O–H groups in total. The summed E-state index contributed by atoms with van der Waals surface area (Å²) in [4.78, 5) is 4.17. The Bertz CT molecular complexity index is 561. The van der Waals surface area contributed by atoms with Crippen LogP contribution in [-0.4, -0.2) is 19.2 Å². The molecule has 1 aromatic carbocycles. The van der Waals surface area contributed by atoms with E-state index in [4.69, 9.17) is 9.47 Å². The number of anilines is 1. The van der Waals surface area contributed by atoms with Crippen molar-refractivity contribution in [1.82, 2.24) is 4.98 Å². The highest BCUT2D eigenvalue weighted by atomic mass is 79.9. The van der Waals surface area contributed by atoms with Crippen LogP contribution in [0.3, 0.4) is 0 Å². The Hall–Kier alpha value is -1.75. The number of nitrogens with one attached hydrogen (secondary N) is 1. The monoisotopic (exact) mass is 322 g/mol. The molecule has 0 unspecified atom stereocenters. The summed E-state index contributed by atoms with van der Waals surface area (Å²) < 4.78 is 11.5. The van der Waals surface area contributed by atoms with Gasteiger partial charge in [-0.2, -0.15) is 0 Å². The van der Waals surface area contributed by atoms with Gasteiger partial charge in [0, 0.05) is 18.3 Å². The molecule has 0 aliphatic carbocycles. The minimum Gasteiger partial charge on any atom is -0.493 e. The molecule has 0 saturated carbocycles. The van der Waals surface area contributed by atoms with Crippen LogP contribution in [0.5, 0.6) is 11.5 Å². The zero-order valence-electron chi connectivity index (χ0n) is 10.8. The van der Waals surface area contributed by atoms with E-state index >= 15 is 0 Å². The highest BCUT2D eigenvalue weighted by Crippen LogP contribution is 2.31. The number of halogens is 1. The topological polar surface area (TPSA) is 43.4 Å². The first-order valence-electron chi connectivity index (χ1n) is 5.80. The average molecular weight is 323 g/mol. The summed E-state index contributed by atoms with van der Waals surface area (Å²) in [6.07, 6.45) is 1.74. The first kappa shape index (κ1) is 13.7. The van der Waals surface area contributed by atoms with Gasteiger partial charge in [-0.05, 0) is 34.1 Å². The first-order chi connectivity index (χ1) is 9.26. The summed E-state index contributed by atoms with van der Waals surface area (Å²) in [5.74, 6) is 1.48. The smallest absolute Gasteiger partial charge is 0.165 e. The molecule has 1 aromatic heterocycles. The van der Waals surface area contributed by atoms with Crippen molar-refractivity contribution in [1.29, 1.82) is 0 Å². The molecule has 0 amide bonds. The van der Waals surface area contributed by atoms with E-state index in [1.165, 1.54) is 0 Å². The van der Waals surface area contributed by atoms with E-state index in [1.54, 1.807) is 20.4 Å². The second kappa shape index (κ2) is 6.43. The van der Waals surface area contributed by atoms with E-state index in [1.807, 2.05) is 30.3 Å². The van der Waals surface area contributed by atoms with Crippen LogP contribution in [0.2, 0.25) is 0 Å². The lowest BCUT2D eigenvalue weighted by atomic mass is 10.2. The number of hydrogen-bond acceptors (Lipinski definition) is 4. The molecule has 0 radical (unpaired) electrons. The molecule has 2 rings (SSSR count). The Kier molecular flexibility index (Phi) is 4.63. The molecule has 0 saturated heterocycles. The maximum atomic E-state index is 5.39. The van der Waals surface area contributed by atoms with Gasteiger partial charge in [0.25, 0.3) is 0 Å². The number of methoxy groups -OCH3 is 2. The van der Waals surface area contributed by atoms with Crippen LogP contribution in [0.25, 0.3) is 0 Å². The largest absolute Gasteiger partial charge is 0.493 e. The number of nitrogens with zero attached hydrogens (tertiary/aromatic N) is 1. The number of aromatic nitrogens is 1. The van der Waals surface area contributed by atoms with Crippen molar-refractivity contribution in [2.75, 3.05) is 19.5 Å². The first-order valence-corrected chi connectivity index (χ1v) is 6.59. The summed E-state index contributed by atoms with van der Waals surface area (Å²) in [6.45, 7) is 0.630. The molecule has 19 heavy (non-hydrogen) atoms. The highest BCUT2D eigenvalue weighted by Gasteiger charge is 2.09. The van der Waals surface area contributed by atoms with Crippen molar-refractivity contribution in [2.24, 2.45) is 0 Å². The third-order valence-electron chi connectivity index (χ3n) is 2.71. The molecular formula is C14H15BrN2O2. The number of para-hydroxylation sites is 1. The van der Waals surface area contributed by atoms with Crippen LogP contribution in [-0.2, 0) is 6.54 Å². The van der Waals surface area contributed by atoms with E-state index in [-0.39, 0.29) is 0 Å². The lowest BCUT2D eigenvalue weighted by molar-refractivity contribution is 0.352. The summed E-state index contributed by atoms with van der Waals surface area (Å²) in [5.41, 5.74) is 1.96. The van der Waals surface area contributed by atoms with Crippen molar-refractivity contribution in [2.45, 2.75) is 6.54 Å². The fraction of sp³-hybridized carbons (Fsp3) is 0.214. The van der Waals surface area contributed by atoms with Gasteiger partial charge < -0.3 is 14.8 Å². The van der Waals surface area contributed by atoms with Crippen LogP contribution < -0.4 is 14.8 Å². The van der Waals surface area contributed by atoms with Gasteiger partial charge in [-0.3, -0.25) is 0 Å². The van der Waals surface area contributed by atoms with E-state index < -0.39 is 0 Å². The zero-order valence-corrected chi connectivity index (χ0v) is 12.4. The van der Waals surface area contributed by atoms with Crippen molar-refractivity contribution in [3.63, 3.8) is 0 Å². The molecule has 0 spiro atoms. The number of pyridine rings is 1. The van der Waals surface area contributed by atoms with Crippen LogP contribution in [0, 0.1) is 0 Å². The van der Waals surface area contributed by atoms with Gasteiger partial charge >= 0.3 is 0 Å². The summed E-state index contributed by atoms with van der Waals surface area (Å²) in [6, 6.07) is 9.66. The predicted molar refractivity (Wildman–Crippen MR) is 78.8 cm³/mol. The van der Waals surface area contributed by atoms with Gasteiger partial charge in [0.2, 0.25) is 0 Å². The van der Waals surface area contributed by atoms with Crippen LogP contribution in [0.15, 0.2) is 41.1 Å². The fourth-order valence-electron chi connectivity index (χ4n) is 1.80. The maximum absolute atomic E-state index is 5.39. The summed E-state index contributed by atoms with van der Waals surface area (Å²) in [7, 11) is 3.27. The van der Waals surface area contributed by atoms with E-state index in [9.17, 15) is 0 Å². The molecule has 0 aliphatic heterocycles. The Labute approximate surface area is 120 Å². The third kappa shape index (κ3) is 3.17. The molecule has 0 fully saturated rings. The lowest BCUT2D eigenvalue weighted by Gasteiger charge is -2.14. The predicted octanol–water partition coefficient (Wildman–Crippen LogP) is 3.47. The quantitative estimate of drug-likeness (QED) is 0.856. The standard InChI is InChI=1S/C14H15BrN2O2/c1-18-12-7-3-5-10(13(12)19-2)9-17-11-6-4-8-16-14(11)15/h3-8,17H,9H2,1-2H3. The Balaban J connectivity index is 2.18. The number of ether oxygens (including phenoxy) is 2. The molecular weight excluding hydrogens is 308 g/mol. The van der Waals surface area contributed by atoms with Crippen molar-refractivity contribution < 1.29 is 9.47 Å². The van der Waals surface area contributed by atoms with Crippen molar-refractivity contribution in [3.8, 4) is 11.5 Å². The SMILES string of the molecule is COc1cccc(CNc2cccnc2Br)c1OC. The minimum atomic E-state index is 0.630. The molecule has 0 bridgehead atoms. The molecule has 100 valence electrons. The molecule has 5 heteroatoms. The van der Waals surface area contributed by atoms with E-state index in [2.05, 4.69) is 26.2 Å². The highest BCUT2D eigenvalue weighted by molar-refractivity contribution is 9.10. The van der Waals surface area contributed by atoms with Crippen LogP contribution >= 0.6 is 15.9 Å². The molecule has 0 atom stereocenters. The summed E-state index contributed by atoms with van der Waals surface area (Å²) in [5, 5.41) is 3.31. The number of benzene rings is 1. The second-order valence-corrected chi connectivity index (χ2v) is 4.60. The minimum absolute atomic E-state index is 0.630. The Morgan fingerprint density at radius 3 is 2.68 bits per heavy atom. The Morgan fingerprint density at radius 1 is 1.16 bits per heavy atom. The third-order valence-corrected chi connectivity index (χ3v) is 3.34. The zero-order chi connectivity index (χ0) is 13.7. The van der Waals surface area contributed by atoms with Crippen molar-refractivity contribution in [3.05, 3.63) is 46.7 Å². The molecule has 4 nitrogen and oxygen atoms in total. The number of hydrogen-bond donors (Lipinski definition) is 1.